The summed E-state index contributed by atoms with van der Waals surface area (Å²) >= 11 is 0. The van der Waals surface area contributed by atoms with Crippen molar-refractivity contribution in [2.75, 3.05) is 23.7 Å². The van der Waals surface area contributed by atoms with Crippen LogP contribution in [0.3, 0.4) is 0 Å². The summed E-state index contributed by atoms with van der Waals surface area (Å²) < 4.78 is 0. The van der Waals surface area contributed by atoms with Crippen molar-refractivity contribution in [3.05, 3.63) is 23.8 Å². The van der Waals surface area contributed by atoms with E-state index in [0.717, 1.165) is 36.1 Å². The van der Waals surface area contributed by atoms with Crippen LogP contribution in [0.5, 0.6) is 0 Å². The lowest BCUT2D eigenvalue weighted by atomic mass is 10.1. The summed E-state index contributed by atoms with van der Waals surface area (Å²) in [6.07, 6.45) is 3.16. The summed E-state index contributed by atoms with van der Waals surface area (Å²) in [7, 11) is 0. The zero-order chi connectivity index (χ0) is 11.7. The number of amides is 1. The highest BCUT2D eigenvalue weighted by Crippen LogP contribution is 2.25. The highest BCUT2D eigenvalue weighted by Gasteiger charge is 2.19. The van der Waals surface area contributed by atoms with Crippen LogP contribution < -0.4 is 16.0 Å². The Hall–Kier alpha value is -1.55. The number of nitrogens with one attached hydrogen (secondary N) is 3. The van der Waals surface area contributed by atoms with Crippen LogP contribution in [0, 0.1) is 0 Å². The molecule has 90 valence electrons. The molecule has 1 saturated carbocycles. The van der Waals surface area contributed by atoms with Crippen LogP contribution in [-0.4, -0.2) is 25.0 Å². The summed E-state index contributed by atoms with van der Waals surface area (Å²) in [6, 6.07) is 6.81. The number of carbonyl (C=O) groups is 1. The van der Waals surface area contributed by atoms with E-state index in [0.29, 0.717) is 6.42 Å². The van der Waals surface area contributed by atoms with E-state index in [9.17, 15) is 4.79 Å². The monoisotopic (exact) mass is 231 g/mol. The SMILES string of the molecule is O=C1Cc2cc(NCCNC3CC3)ccc2N1. The van der Waals surface area contributed by atoms with Gasteiger partial charge < -0.3 is 16.0 Å². The first-order chi connectivity index (χ1) is 8.31. The third-order valence-electron chi connectivity index (χ3n) is 3.19. The number of rotatable bonds is 5. The van der Waals surface area contributed by atoms with Crippen molar-refractivity contribution >= 4 is 17.3 Å². The third-order valence-corrected chi connectivity index (χ3v) is 3.19. The van der Waals surface area contributed by atoms with Gasteiger partial charge in [0.1, 0.15) is 0 Å². The van der Waals surface area contributed by atoms with E-state index in [-0.39, 0.29) is 5.91 Å². The van der Waals surface area contributed by atoms with Crippen LogP contribution >= 0.6 is 0 Å². The lowest BCUT2D eigenvalue weighted by molar-refractivity contribution is -0.115. The van der Waals surface area contributed by atoms with Gasteiger partial charge in [-0.05, 0) is 36.6 Å². The first-order valence-corrected chi connectivity index (χ1v) is 6.21. The van der Waals surface area contributed by atoms with Gasteiger partial charge >= 0.3 is 0 Å². The molecule has 0 unspecified atom stereocenters. The Morgan fingerprint density at radius 1 is 1.29 bits per heavy atom. The van der Waals surface area contributed by atoms with Crippen molar-refractivity contribution < 1.29 is 4.79 Å². The van der Waals surface area contributed by atoms with Gasteiger partial charge in [0.25, 0.3) is 0 Å². The molecule has 0 spiro atoms. The third kappa shape index (κ3) is 2.58. The average molecular weight is 231 g/mol. The van der Waals surface area contributed by atoms with Gasteiger partial charge in [-0.15, -0.1) is 0 Å². The predicted molar refractivity (Wildman–Crippen MR) is 68.3 cm³/mol. The molecular weight excluding hydrogens is 214 g/mol. The Morgan fingerprint density at radius 3 is 3.00 bits per heavy atom. The number of fused-ring (bicyclic) bond motifs is 1. The van der Waals surface area contributed by atoms with E-state index in [1.54, 1.807) is 0 Å². The second-order valence-electron chi connectivity index (χ2n) is 4.75. The van der Waals surface area contributed by atoms with Gasteiger partial charge in [-0.2, -0.15) is 0 Å². The van der Waals surface area contributed by atoms with Crippen molar-refractivity contribution in [3.8, 4) is 0 Å². The molecule has 1 amide bonds. The number of benzene rings is 1. The minimum atomic E-state index is 0.0903. The number of hydrogen-bond acceptors (Lipinski definition) is 3. The molecule has 0 radical (unpaired) electrons. The topological polar surface area (TPSA) is 53.2 Å². The molecule has 1 heterocycles. The Kier molecular flexibility index (Phi) is 2.73. The minimum Gasteiger partial charge on any atom is -0.384 e. The van der Waals surface area contributed by atoms with Gasteiger partial charge in [-0.3, -0.25) is 4.79 Å². The molecule has 1 aliphatic carbocycles. The molecule has 0 bridgehead atoms. The summed E-state index contributed by atoms with van der Waals surface area (Å²) in [5.41, 5.74) is 3.14. The van der Waals surface area contributed by atoms with Crippen LogP contribution in [0.4, 0.5) is 11.4 Å². The van der Waals surface area contributed by atoms with Crippen LogP contribution in [0.2, 0.25) is 0 Å². The molecule has 1 fully saturated rings. The molecule has 2 aliphatic rings. The number of hydrogen-bond donors (Lipinski definition) is 3. The van der Waals surface area contributed by atoms with Crippen LogP contribution in [0.1, 0.15) is 18.4 Å². The highest BCUT2D eigenvalue weighted by molar-refractivity contribution is 5.99. The summed E-state index contributed by atoms with van der Waals surface area (Å²) in [5.74, 6) is 0.0903. The molecule has 4 nitrogen and oxygen atoms in total. The molecule has 3 rings (SSSR count). The lowest BCUT2D eigenvalue weighted by Gasteiger charge is -2.08. The number of anilines is 2. The van der Waals surface area contributed by atoms with E-state index < -0.39 is 0 Å². The largest absolute Gasteiger partial charge is 0.384 e. The van der Waals surface area contributed by atoms with Gasteiger partial charge in [-0.25, -0.2) is 0 Å². The molecule has 1 aromatic rings. The van der Waals surface area contributed by atoms with Crippen LogP contribution in [0.25, 0.3) is 0 Å². The Labute approximate surface area is 101 Å². The van der Waals surface area contributed by atoms with Gasteiger partial charge in [-0.1, -0.05) is 0 Å². The van der Waals surface area contributed by atoms with Crippen LogP contribution in [-0.2, 0) is 11.2 Å². The number of carbonyl (C=O) groups excluding carboxylic acids is 1. The Bertz CT molecular complexity index is 440. The zero-order valence-electron chi connectivity index (χ0n) is 9.75. The zero-order valence-corrected chi connectivity index (χ0v) is 9.75. The second-order valence-corrected chi connectivity index (χ2v) is 4.75. The van der Waals surface area contributed by atoms with Crippen molar-refractivity contribution in [2.24, 2.45) is 0 Å². The van der Waals surface area contributed by atoms with E-state index in [1.807, 2.05) is 12.1 Å². The van der Waals surface area contributed by atoms with Gasteiger partial charge in [0, 0.05) is 30.5 Å². The average Bonchev–Trinajstić information content (AvgIpc) is 3.05. The van der Waals surface area contributed by atoms with Crippen molar-refractivity contribution in [1.29, 1.82) is 0 Å². The summed E-state index contributed by atoms with van der Waals surface area (Å²) in [4.78, 5) is 11.2. The maximum Gasteiger partial charge on any atom is 0.228 e. The standard InChI is InChI=1S/C13H17N3O/c17-13-8-9-7-11(3-4-12(9)16-13)15-6-5-14-10-1-2-10/h3-4,7,10,14-15H,1-2,5-6,8H2,(H,16,17). The normalized spacial score (nSPS) is 17.8. The summed E-state index contributed by atoms with van der Waals surface area (Å²) in [5, 5.41) is 9.66. The summed E-state index contributed by atoms with van der Waals surface area (Å²) in [6.45, 7) is 1.93. The maximum absolute atomic E-state index is 11.2. The first-order valence-electron chi connectivity index (χ1n) is 6.21. The highest BCUT2D eigenvalue weighted by atomic mass is 16.1. The molecule has 1 aliphatic heterocycles. The van der Waals surface area contributed by atoms with Gasteiger partial charge in [0.05, 0.1) is 6.42 Å². The molecular formula is C13H17N3O. The molecule has 3 N–H and O–H groups in total. The first kappa shape index (κ1) is 10.6. The van der Waals surface area contributed by atoms with Crippen LogP contribution in [0.15, 0.2) is 18.2 Å². The molecule has 1 aromatic carbocycles. The maximum atomic E-state index is 11.2. The fourth-order valence-corrected chi connectivity index (χ4v) is 2.11. The van der Waals surface area contributed by atoms with E-state index >= 15 is 0 Å². The van der Waals surface area contributed by atoms with Gasteiger partial charge in [0.15, 0.2) is 0 Å². The molecule has 0 atom stereocenters. The Balaban J connectivity index is 1.53. The fraction of sp³-hybridized carbons (Fsp3) is 0.462. The van der Waals surface area contributed by atoms with Gasteiger partial charge in [0.2, 0.25) is 5.91 Å². The quantitative estimate of drug-likeness (QED) is 0.670. The minimum absolute atomic E-state index is 0.0903. The smallest absolute Gasteiger partial charge is 0.228 e. The molecule has 0 aromatic heterocycles. The molecule has 17 heavy (non-hydrogen) atoms. The Morgan fingerprint density at radius 2 is 2.18 bits per heavy atom. The second kappa shape index (κ2) is 4.37. The van der Waals surface area contributed by atoms with Crippen molar-refractivity contribution in [3.63, 3.8) is 0 Å². The van der Waals surface area contributed by atoms with E-state index in [2.05, 4.69) is 22.0 Å². The fourth-order valence-electron chi connectivity index (χ4n) is 2.11. The predicted octanol–water partition coefficient (Wildman–Crippen LogP) is 1.35. The molecule has 4 heteroatoms. The van der Waals surface area contributed by atoms with Crippen molar-refractivity contribution in [1.82, 2.24) is 5.32 Å². The van der Waals surface area contributed by atoms with Crippen molar-refractivity contribution in [2.45, 2.75) is 25.3 Å². The molecule has 0 saturated heterocycles. The van der Waals surface area contributed by atoms with E-state index in [1.165, 1.54) is 12.8 Å². The lowest BCUT2D eigenvalue weighted by Crippen LogP contribution is -2.23. The van der Waals surface area contributed by atoms with E-state index in [4.69, 9.17) is 0 Å².